The molecule has 0 bridgehead atoms. The summed E-state index contributed by atoms with van der Waals surface area (Å²) in [6, 6.07) is 6.29. The molecule has 0 amide bonds. The molecule has 0 saturated carbocycles. The van der Waals surface area contributed by atoms with Crippen molar-refractivity contribution in [3.05, 3.63) is 58.1 Å². The maximum Gasteiger partial charge on any atom is 0.416 e. The molecule has 2 aromatic rings. The van der Waals surface area contributed by atoms with Crippen LogP contribution in [0.15, 0.2) is 47.4 Å². The van der Waals surface area contributed by atoms with Crippen molar-refractivity contribution in [2.45, 2.75) is 11.1 Å². The van der Waals surface area contributed by atoms with Gasteiger partial charge in [-0.1, -0.05) is 6.07 Å². The number of benzene rings is 2. The van der Waals surface area contributed by atoms with Crippen LogP contribution in [0.5, 0.6) is 5.75 Å². The highest BCUT2D eigenvalue weighted by Crippen LogP contribution is 2.33. The molecule has 0 aromatic heterocycles. The quantitative estimate of drug-likeness (QED) is 0.637. The Hall–Kier alpha value is -2.82. The van der Waals surface area contributed by atoms with Crippen molar-refractivity contribution in [1.29, 1.82) is 0 Å². The van der Waals surface area contributed by atoms with E-state index in [2.05, 4.69) is 0 Å². The van der Waals surface area contributed by atoms with Gasteiger partial charge < -0.3 is 4.74 Å². The Morgan fingerprint density at radius 3 is 2.40 bits per heavy atom. The molecule has 0 unspecified atom stereocenters. The molecule has 0 atom stereocenters. The fourth-order valence-corrected chi connectivity index (χ4v) is 3.04. The van der Waals surface area contributed by atoms with Crippen molar-refractivity contribution in [3.8, 4) is 5.75 Å². The number of rotatable bonds is 5. The second kappa shape index (κ2) is 6.59. The molecule has 1 N–H and O–H groups in total. The number of nitro groups is 1. The number of methoxy groups -OCH3 is 1. The van der Waals surface area contributed by atoms with Crippen LogP contribution in [-0.4, -0.2) is 20.5 Å². The highest BCUT2D eigenvalue weighted by atomic mass is 32.2. The molecule has 0 aliphatic carbocycles. The third-order valence-corrected chi connectivity index (χ3v) is 4.47. The van der Waals surface area contributed by atoms with Crippen LogP contribution in [0, 0.1) is 10.1 Å². The fourth-order valence-electron chi connectivity index (χ4n) is 1.93. The first-order chi connectivity index (χ1) is 11.5. The molecule has 0 spiro atoms. The molecular formula is C14H11F3N2O5S. The molecule has 0 fully saturated rings. The van der Waals surface area contributed by atoms with E-state index in [0.29, 0.717) is 6.07 Å². The lowest BCUT2D eigenvalue weighted by molar-refractivity contribution is -0.384. The van der Waals surface area contributed by atoms with E-state index < -0.39 is 37.3 Å². The van der Waals surface area contributed by atoms with Crippen LogP contribution < -0.4 is 9.46 Å². The predicted molar refractivity (Wildman–Crippen MR) is 81.9 cm³/mol. The SMILES string of the molecule is COc1ccc([N+](=O)[O-])cc1NS(=O)(=O)c1cccc(C(F)(F)F)c1. The lowest BCUT2D eigenvalue weighted by Crippen LogP contribution is -2.15. The number of halogens is 3. The fraction of sp³-hybridized carbons (Fsp3) is 0.143. The Balaban J connectivity index is 2.46. The van der Waals surface area contributed by atoms with Gasteiger partial charge in [0.1, 0.15) is 5.75 Å². The van der Waals surface area contributed by atoms with Crippen molar-refractivity contribution in [2.75, 3.05) is 11.8 Å². The number of non-ortho nitro benzene ring substituents is 1. The number of nitrogens with one attached hydrogen (secondary N) is 1. The van der Waals surface area contributed by atoms with Crippen molar-refractivity contribution in [2.24, 2.45) is 0 Å². The number of anilines is 1. The van der Waals surface area contributed by atoms with Crippen LogP contribution >= 0.6 is 0 Å². The van der Waals surface area contributed by atoms with E-state index in [1.807, 2.05) is 4.72 Å². The zero-order valence-electron chi connectivity index (χ0n) is 12.6. The van der Waals surface area contributed by atoms with E-state index in [4.69, 9.17) is 4.74 Å². The number of sulfonamides is 1. The Bertz CT molecular complexity index is 913. The summed E-state index contributed by atoms with van der Waals surface area (Å²) in [5.74, 6) is -0.0267. The van der Waals surface area contributed by atoms with Gasteiger partial charge >= 0.3 is 6.18 Å². The maximum atomic E-state index is 12.7. The maximum absolute atomic E-state index is 12.7. The van der Waals surface area contributed by atoms with E-state index in [-0.39, 0.29) is 11.4 Å². The summed E-state index contributed by atoms with van der Waals surface area (Å²) in [6.45, 7) is 0. The van der Waals surface area contributed by atoms with Gasteiger partial charge in [0, 0.05) is 12.1 Å². The second-order valence-electron chi connectivity index (χ2n) is 4.77. The average molecular weight is 376 g/mol. The average Bonchev–Trinajstić information content (AvgIpc) is 2.53. The van der Waals surface area contributed by atoms with Gasteiger partial charge in [-0.15, -0.1) is 0 Å². The topological polar surface area (TPSA) is 98.5 Å². The summed E-state index contributed by atoms with van der Waals surface area (Å²) >= 11 is 0. The van der Waals surface area contributed by atoms with E-state index in [9.17, 15) is 31.7 Å². The minimum absolute atomic E-state index is 0.0267. The molecule has 0 aliphatic rings. The molecule has 25 heavy (non-hydrogen) atoms. The number of hydrogen-bond donors (Lipinski definition) is 1. The first-order valence-corrected chi connectivity index (χ1v) is 8.05. The summed E-state index contributed by atoms with van der Waals surface area (Å²) in [7, 11) is -3.21. The van der Waals surface area contributed by atoms with Gasteiger partial charge in [0.05, 0.1) is 28.2 Å². The first-order valence-electron chi connectivity index (χ1n) is 6.57. The summed E-state index contributed by atoms with van der Waals surface area (Å²) < 4.78 is 69.8. The number of alkyl halides is 3. The Morgan fingerprint density at radius 1 is 1.16 bits per heavy atom. The second-order valence-corrected chi connectivity index (χ2v) is 6.46. The van der Waals surface area contributed by atoms with Crippen molar-refractivity contribution >= 4 is 21.4 Å². The Kier molecular flexibility index (Phi) is 4.88. The monoisotopic (exact) mass is 376 g/mol. The smallest absolute Gasteiger partial charge is 0.416 e. The minimum atomic E-state index is -4.71. The lowest BCUT2D eigenvalue weighted by atomic mass is 10.2. The number of hydrogen-bond acceptors (Lipinski definition) is 5. The van der Waals surface area contributed by atoms with E-state index >= 15 is 0 Å². The van der Waals surface area contributed by atoms with E-state index in [1.165, 1.54) is 13.2 Å². The molecular weight excluding hydrogens is 365 g/mol. The zero-order valence-corrected chi connectivity index (χ0v) is 13.4. The zero-order chi connectivity index (χ0) is 18.8. The van der Waals surface area contributed by atoms with Gasteiger partial charge in [-0.2, -0.15) is 13.2 Å². The third-order valence-electron chi connectivity index (χ3n) is 3.11. The summed E-state index contributed by atoms with van der Waals surface area (Å²) in [4.78, 5) is 9.41. The van der Waals surface area contributed by atoms with E-state index in [1.54, 1.807) is 0 Å². The van der Waals surface area contributed by atoms with Crippen LogP contribution in [0.2, 0.25) is 0 Å². The number of nitro benzene ring substituents is 1. The summed E-state index contributed by atoms with van der Waals surface area (Å²) in [6.07, 6.45) is -4.71. The normalized spacial score (nSPS) is 11.8. The standard InChI is InChI=1S/C14H11F3N2O5S/c1-24-13-6-5-10(19(20)21)8-12(13)18-25(22,23)11-4-2-3-9(7-11)14(15,16)17/h2-8,18H,1H3. The van der Waals surface area contributed by atoms with Gasteiger partial charge in [-0.25, -0.2) is 8.42 Å². The molecule has 0 heterocycles. The Morgan fingerprint density at radius 2 is 1.84 bits per heavy atom. The van der Waals surface area contributed by atoms with Crippen molar-refractivity contribution < 1.29 is 31.2 Å². The molecule has 134 valence electrons. The van der Waals surface area contributed by atoms with Crippen molar-refractivity contribution in [3.63, 3.8) is 0 Å². The van der Waals surface area contributed by atoms with Gasteiger partial charge in [0.25, 0.3) is 15.7 Å². The molecule has 0 radical (unpaired) electrons. The lowest BCUT2D eigenvalue weighted by Gasteiger charge is -2.13. The van der Waals surface area contributed by atoms with Gasteiger partial charge in [0.2, 0.25) is 0 Å². The summed E-state index contributed by atoms with van der Waals surface area (Å²) in [5.41, 5.74) is -1.82. The van der Waals surface area contributed by atoms with Crippen LogP contribution in [0.25, 0.3) is 0 Å². The minimum Gasteiger partial charge on any atom is -0.495 e. The number of ether oxygens (including phenoxy) is 1. The van der Waals surface area contributed by atoms with Gasteiger partial charge in [-0.05, 0) is 24.3 Å². The summed E-state index contributed by atoms with van der Waals surface area (Å²) in [5, 5.41) is 10.8. The molecule has 0 saturated heterocycles. The largest absolute Gasteiger partial charge is 0.495 e. The molecule has 7 nitrogen and oxygen atoms in total. The van der Waals surface area contributed by atoms with Crippen LogP contribution in [-0.2, 0) is 16.2 Å². The molecule has 0 aliphatic heterocycles. The molecule has 2 aromatic carbocycles. The Labute approximate surface area is 140 Å². The van der Waals surface area contributed by atoms with Gasteiger partial charge in [0.15, 0.2) is 0 Å². The molecule has 11 heteroatoms. The first kappa shape index (κ1) is 18.5. The molecule has 2 rings (SSSR count). The van der Waals surface area contributed by atoms with Crippen molar-refractivity contribution in [1.82, 2.24) is 0 Å². The van der Waals surface area contributed by atoms with Gasteiger partial charge in [-0.3, -0.25) is 14.8 Å². The van der Waals surface area contributed by atoms with Crippen LogP contribution in [0.4, 0.5) is 24.5 Å². The highest BCUT2D eigenvalue weighted by molar-refractivity contribution is 7.92. The van der Waals surface area contributed by atoms with Crippen LogP contribution in [0.3, 0.4) is 0 Å². The van der Waals surface area contributed by atoms with Crippen LogP contribution in [0.1, 0.15) is 5.56 Å². The predicted octanol–water partition coefficient (Wildman–Crippen LogP) is 3.42. The highest BCUT2D eigenvalue weighted by Gasteiger charge is 2.32. The number of nitrogens with zero attached hydrogens (tertiary/aromatic N) is 1. The van der Waals surface area contributed by atoms with E-state index in [0.717, 1.165) is 30.3 Å². The third kappa shape index (κ3) is 4.18.